The van der Waals surface area contributed by atoms with E-state index in [0.717, 1.165) is 5.75 Å². The molecule has 0 rings (SSSR count). The third kappa shape index (κ3) is 16.4. The highest BCUT2D eigenvalue weighted by atomic mass is 33.1. The highest BCUT2D eigenvalue weighted by molar-refractivity contribution is 8.76. The summed E-state index contributed by atoms with van der Waals surface area (Å²) in [5.41, 5.74) is 0. The molecule has 0 aromatic carbocycles. The molecule has 2 atom stereocenters. The van der Waals surface area contributed by atoms with E-state index in [2.05, 4.69) is 12.6 Å². The van der Waals surface area contributed by atoms with Crippen molar-refractivity contribution in [2.24, 2.45) is 0 Å². The molecule has 120 valence electrons. The van der Waals surface area contributed by atoms with Crippen molar-refractivity contribution in [3.8, 4) is 0 Å². The summed E-state index contributed by atoms with van der Waals surface area (Å²) in [5.74, 6) is 1.77. The van der Waals surface area contributed by atoms with Gasteiger partial charge in [-0.3, -0.25) is 9.59 Å². The summed E-state index contributed by atoms with van der Waals surface area (Å²) in [4.78, 5) is 21.2. The SMILES string of the molecule is CC(=O)[C@H](C)OCCS.CSSCCO[C@@H](C)C(C)=O. The van der Waals surface area contributed by atoms with Crippen LogP contribution in [0, 0.1) is 0 Å². The maximum Gasteiger partial charge on any atom is 0.158 e. The van der Waals surface area contributed by atoms with Crippen LogP contribution in [0.1, 0.15) is 27.7 Å². The molecule has 7 heteroatoms. The third-order valence-corrected chi connectivity index (χ3v) is 4.22. The van der Waals surface area contributed by atoms with Crippen LogP contribution in [0.25, 0.3) is 0 Å². The standard InChI is InChI=1S/C7H14O2S2.C6H12O2S/c1-6(8)7(2)9-4-5-11-10-3;1-5(7)6(2)8-3-4-9/h7H,4-5H2,1-3H3;6,9H,3-4H2,1-2H3/t7-;6-/m00/s1. The van der Waals surface area contributed by atoms with E-state index in [4.69, 9.17) is 9.47 Å². The molecular weight excluding hydrogens is 316 g/mol. The first-order chi connectivity index (χ1) is 9.36. The first-order valence-corrected chi connectivity index (χ1v) is 9.73. The van der Waals surface area contributed by atoms with Gasteiger partial charge in [0.05, 0.1) is 13.2 Å². The van der Waals surface area contributed by atoms with Crippen molar-refractivity contribution in [1.29, 1.82) is 0 Å². The summed E-state index contributed by atoms with van der Waals surface area (Å²) < 4.78 is 10.2. The summed E-state index contributed by atoms with van der Waals surface area (Å²) in [6, 6.07) is 0. The maximum atomic E-state index is 10.7. The Morgan fingerprint density at radius 1 is 1.05 bits per heavy atom. The van der Waals surface area contributed by atoms with Gasteiger partial charge in [0.25, 0.3) is 0 Å². The van der Waals surface area contributed by atoms with E-state index in [1.807, 2.05) is 6.26 Å². The molecule has 0 aliphatic heterocycles. The van der Waals surface area contributed by atoms with Crippen molar-refractivity contribution < 1.29 is 19.1 Å². The Bertz CT molecular complexity index is 262. The number of rotatable bonds is 10. The molecule has 0 heterocycles. The van der Waals surface area contributed by atoms with Crippen LogP contribution in [0.3, 0.4) is 0 Å². The van der Waals surface area contributed by atoms with Crippen LogP contribution in [-0.4, -0.2) is 54.7 Å². The second-order valence-electron chi connectivity index (χ2n) is 3.96. The number of ether oxygens (including phenoxy) is 2. The normalized spacial score (nSPS) is 13.1. The van der Waals surface area contributed by atoms with E-state index in [9.17, 15) is 9.59 Å². The first-order valence-electron chi connectivity index (χ1n) is 6.37. The monoisotopic (exact) mass is 342 g/mol. The van der Waals surface area contributed by atoms with Gasteiger partial charge in [-0.05, 0) is 34.0 Å². The predicted molar refractivity (Wildman–Crippen MR) is 92.0 cm³/mol. The van der Waals surface area contributed by atoms with Crippen molar-refractivity contribution in [1.82, 2.24) is 0 Å². The minimum absolute atomic E-state index is 0.0665. The molecule has 0 unspecified atom stereocenters. The Labute approximate surface area is 135 Å². The molecule has 0 fully saturated rings. The molecule has 0 aliphatic rings. The highest BCUT2D eigenvalue weighted by Gasteiger charge is 2.06. The fraction of sp³-hybridized carbons (Fsp3) is 0.846. The number of hydrogen-bond donors (Lipinski definition) is 1. The van der Waals surface area contributed by atoms with Crippen LogP contribution in [0.4, 0.5) is 0 Å². The average Bonchev–Trinajstić information content (AvgIpc) is 2.41. The summed E-state index contributed by atoms with van der Waals surface area (Å²) in [5, 5.41) is 0. The number of hydrogen-bond acceptors (Lipinski definition) is 7. The van der Waals surface area contributed by atoms with Gasteiger partial charge in [0.1, 0.15) is 12.2 Å². The van der Waals surface area contributed by atoms with E-state index in [-0.39, 0.29) is 23.8 Å². The molecule has 0 amide bonds. The van der Waals surface area contributed by atoms with Crippen LogP contribution in [-0.2, 0) is 19.1 Å². The Hall–Kier alpha value is 0.310. The van der Waals surface area contributed by atoms with Crippen molar-refractivity contribution in [2.75, 3.05) is 31.0 Å². The largest absolute Gasteiger partial charge is 0.370 e. The van der Waals surface area contributed by atoms with Gasteiger partial charge in [0.2, 0.25) is 0 Å². The van der Waals surface area contributed by atoms with Crippen molar-refractivity contribution in [2.45, 2.75) is 39.9 Å². The van der Waals surface area contributed by atoms with Gasteiger partial charge in [-0.1, -0.05) is 21.6 Å². The Morgan fingerprint density at radius 3 is 1.85 bits per heavy atom. The molecule has 0 radical (unpaired) electrons. The molecule has 0 aromatic rings. The number of thiol groups is 1. The molecule has 0 N–H and O–H groups in total. The van der Waals surface area contributed by atoms with Crippen LogP contribution in [0.15, 0.2) is 0 Å². The fourth-order valence-corrected chi connectivity index (χ4v) is 1.95. The second kappa shape index (κ2) is 15.7. The number of carbonyl (C=O) groups is 2. The summed E-state index contributed by atoms with van der Waals surface area (Å²) in [6.45, 7) is 7.80. The molecule has 0 aliphatic carbocycles. The molecule has 0 spiro atoms. The van der Waals surface area contributed by atoms with Crippen LogP contribution >= 0.6 is 34.2 Å². The summed E-state index contributed by atoms with van der Waals surface area (Å²) in [7, 11) is 3.46. The van der Waals surface area contributed by atoms with Crippen molar-refractivity contribution >= 4 is 45.8 Å². The first kappa shape index (κ1) is 22.6. The van der Waals surface area contributed by atoms with Crippen LogP contribution in [0.5, 0.6) is 0 Å². The molecule has 0 bridgehead atoms. The summed E-state index contributed by atoms with van der Waals surface area (Å²) in [6.07, 6.45) is 1.52. The van der Waals surface area contributed by atoms with Gasteiger partial charge in [-0.2, -0.15) is 12.6 Å². The van der Waals surface area contributed by atoms with E-state index >= 15 is 0 Å². The second-order valence-corrected chi connectivity index (χ2v) is 7.09. The lowest BCUT2D eigenvalue weighted by atomic mass is 10.3. The van der Waals surface area contributed by atoms with E-state index < -0.39 is 0 Å². The molecule has 0 aromatic heterocycles. The highest BCUT2D eigenvalue weighted by Crippen LogP contribution is 2.15. The zero-order chi connectivity index (χ0) is 16.0. The Morgan fingerprint density at radius 2 is 1.50 bits per heavy atom. The number of Topliss-reactive ketones (excluding diaryl/α,β-unsaturated/α-hetero) is 2. The van der Waals surface area contributed by atoms with E-state index in [1.54, 1.807) is 42.4 Å². The van der Waals surface area contributed by atoms with Gasteiger partial charge >= 0.3 is 0 Å². The van der Waals surface area contributed by atoms with Gasteiger partial charge in [0.15, 0.2) is 11.6 Å². The zero-order valence-corrected chi connectivity index (χ0v) is 15.4. The maximum absolute atomic E-state index is 10.7. The zero-order valence-electron chi connectivity index (χ0n) is 12.9. The molecule has 4 nitrogen and oxygen atoms in total. The predicted octanol–water partition coefficient (Wildman–Crippen LogP) is 2.90. The number of carbonyl (C=O) groups excluding carboxylic acids is 2. The topological polar surface area (TPSA) is 52.6 Å². The van der Waals surface area contributed by atoms with E-state index in [0.29, 0.717) is 19.0 Å². The molecular formula is C13H26O4S3. The fourth-order valence-electron chi connectivity index (χ4n) is 0.806. The molecule has 20 heavy (non-hydrogen) atoms. The van der Waals surface area contributed by atoms with Gasteiger partial charge in [-0.25, -0.2) is 0 Å². The average molecular weight is 343 g/mol. The third-order valence-electron chi connectivity index (χ3n) is 2.26. The minimum atomic E-state index is -0.267. The lowest BCUT2D eigenvalue weighted by molar-refractivity contribution is -0.127. The van der Waals surface area contributed by atoms with Gasteiger partial charge < -0.3 is 9.47 Å². The van der Waals surface area contributed by atoms with Crippen molar-refractivity contribution in [3.05, 3.63) is 0 Å². The molecule has 0 saturated carbocycles. The lowest BCUT2D eigenvalue weighted by Gasteiger charge is -2.07. The smallest absolute Gasteiger partial charge is 0.158 e. The van der Waals surface area contributed by atoms with Crippen molar-refractivity contribution in [3.63, 3.8) is 0 Å². The lowest BCUT2D eigenvalue weighted by Crippen LogP contribution is -2.18. The Kier molecular flexibility index (Phi) is 17.7. The van der Waals surface area contributed by atoms with Crippen LogP contribution < -0.4 is 0 Å². The van der Waals surface area contributed by atoms with Gasteiger partial charge in [0, 0.05) is 11.5 Å². The Balaban J connectivity index is 0. The number of ketones is 2. The van der Waals surface area contributed by atoms with Gasteiger partial charge in [-0.15, -0.1) is 0 Å². The quantitative estimate of drug-likeness (QED) is 0.374. The van der Waals surface area contributed by atoms with E-state index in [1.165, 1.54) is 6.92 Å². The summed E-state index contributed by atoms with van der Waals surface area (Å²) >= 11 is 3.93. The van der Waals surface area contributed by atoms with Crippen LogP contribution in [0.2, 0.25) is 0 Å². The minimum Gasteiger partial charge on any atom is -0.370 e. The molecule has 0 saturated heterocycles.